The number of imidazole rings is 1. The molecule has 15 heavy (non-hydrogen) atoms. The quantitative estimate of drug-likeness (QED) is 0.720. The molecule has 0 spiro atoms. The number of fused-ring (bicyclic) bond motifs is 1. The molecule has 1 aliphatic rings. The fourth-order valence-electron chi connectivity index (χ4n) is 2.06. The third-order valence-corrected chi connectivity index (χ3v) is 2.86. The molecule has 5 heteroatoms. The van der Waals surface area contributed by atoms with Crippen molar-refractivity contribution >= 4 is 11.2 Å². The Morgan fingerprint density at radius 2 is 2.40 bits per heavy atom. The van der Waals surface area contributed by atoms with Crippen molar-refractivity contribution < 1.29 is 0 Å². The van der Waals surface area contributed by atoms with Crippen LogP contribution in [0.5, 0.6) is 0 Å². The van der Waals surface area contributed by atoms with Crippen molar-refractivity contribution in [1.82, 2.24) is 25.3 Å². The van der Waals surface area contributed by atoms with Crippen molar-refractivity contribution in [2.75, 3.05) is 13.1 Å². The van der Waals surface area contributed by atoms with Gasteiger partial charge in [-0.1, -0.05) is 0 Å². The molecule has 0 saturated carbocycles. The zero-order valence-corrected chi connectivity index (χ0v) is 8.40. The molecule has 0 amide bonds. The van der Waals surface area contributed by atoms with Gasteiger partial charge in [0.1, 0.15) is 17.7 Å². The van der Waals surface area contributed by atoms with Gasteiger partial charge in [0.15, 0.2) is 5.65 Å². The highest BCUT2D eigenvalue weighted by atomic mass is 15.0. The van der Waals surface area contributed by atoms with Gasteiger partial charge < -0.3 is 10.3 Å². The summed E-state index contributed by atoms with van der Waals surface area (Å²) in [4.78, 5) is 15.9. The topological polar surface area (TPSA) is 66.5 Å². The standard InChI is InChI=1S/C10H13N5/c1-2-7(4-11-3-1)9-14-8-5-12-6-13-10(8)15-9/h5-7,11H,1-4H2,(H,12,13,14,15)/t7-/m0/s1. The molecule has 2 N–H and O–H groups in total. The number of H-pyrrole nitrogens is 1. The SMILES string of the molecule is c1ncc2[nH]c([C@H]3CCCNC3)nc2n1. The second kappa shape index (κ2) is 3.58. The highest BCUT2D eigenvalue weighted by molar-refractivity contribution is 5.68. The van der Waals surface area contributed by atoms with Crippen LogP contribution in [-0.2, 0) is 0 Å². The van der Waals surface area contributed by atoms with Gasteiger partial charge in [0.2, 0.25) is 0 Å². The van der Waals surface area contributed by atoms with Crippen LogP contribution in [0.1, 0.15) is 24.6 Å². The Morgan fingerprint density at radius 3 is 3.20 bits per heavy atom. The van der Waals surface area contributed by atoms with Crippen LogP contribution in [0.3, 0.4) is 0 Å². The van der Waals surface area contributed by atoms with E-state index in [4.69, 9.17) is 0 Å². The van der Waals surface area contributed by atoms with Gasteiger partial charge in [-0.05, 0) is 19.4 Å². The summed E-state index contributed by atoms with van der Waals surface area (Å²) in [5.74, 6) is 1.53. The average molecular weight is 203 g/mol. The Labute approximate surface area is 87.3 Å². The van der Waals surface area contributed by atoms with E-state index in [9.17, 15) is 0 Å². The molecule has 78 valence electrons. The highest BCUT2D eigenvalue weighted by Gasteiger charge is 2.18. The molecule has 1 aliphatic heterocycles. The lowest BCUT2D eigenvalue weighted by Gasteiger charge is -2.20. The number of rotatable bonds is 1. The lowest BCUT2D eigenvalue weighted by molar-refractivity contribution is 0.449. The molecule has 2 aromatic heterocycles. The van der Waals surface area contributed by atoms with Crippen LogP contribution in [-0.4, -0.2) is 33.0 Å². The van der Waals surface area contributed by atoms with E-state index in [1.165, 1.54) is 19.2 Å². The van der Waals surface area contributed by atoms with Gasteiger partial charge in [0.25, 0.3) is 0 Å². The molecule has 0 bridgehead atoms. The van der Waals surface area contributed by atoms with E-state index in [0.717, 1.165) is 30.1 Å². The molecule has 2 aromatic rings. The van der Waals surface area contributed by atoms with E-state index in [1.54, 1.807) is 6.20 Å². The van der Waals surface area contributed by atoms with E-state index in [2.05, 4.69) is 25.3 Å². The number of aromatic amines is 1. The Bertz CT molecular complexity index is 425. The second-order valence-electron chi connectivity index (χ2n) is 3.93. The minimum atomic E-state index is 0.493. The number of piperidine rings is 1. The maximum atomic E-state index is 4.49. The van der Waals surface area contributed by atoms with Crippen molar-refractivity contribution in [2.45, 2.75) is 18.8 Å². The zero-order chi connectivity index (χ0) is 10.1. The van der Waals surface area contributed by atoms with E-state index in [0.29, 0.717) is 5.92 Å². The van der Waals surface area contributed by atoms with Crippen molar-refractivity contribution in [3.05, 3.63) is 18.3 Å². The van der Waals surface area contributed by atoms with E-state index >= 15 is 0 Å². The molecule has 1 fully saturated rings. The van der Waals surface area contributed by atoms with Crippen LogP contribution >= 0.6 is 0 Å². The average Bonchev–Trinajstić information content (AvgIpc) is 2.74. The first-order valence-corrected chi connectivity index (χ1v) is 5.30. The Morgan fingerprint density at radius 1 is 1.40 bits per heavy atom. The van der Waals surface area contributed by atoms with E-state index in [1.807, 2.05) is 0 Å². The van der Waals surface area contributed by atoms with Crippen LogP contribution in [0.2, 0.25) is 0 Å². The van der Waals surface area contributed by atoms with Gasteiger partial charge in [0.05, 0.1) is 6.20 Å². The molecular weight excluding hydrogens is 190 g/mol. The highest BCUT2D eigenvalue weighted by Crippen LogP contribution is 2.21. The van der Waals surface area contributed by atoms with Gasteiger partial charge in [-0.2, -0.15) is 0 Å². The van der Waals surface area contributed by atoms with Crippen LogP contribution < -0.4 is 5.32 Å². The van der Waals surface area contributed by atoms with Gasteiger partial charge in [0, 0.05) is 12.5 Å². The Hall–Kier alpha value is -1.49. The number of nitrogens with one attached hydrogen (secondary N) is 2. The molecule has 1 saturated heterocycles. The lowest BCUT2D eigenvalue weighted by atomic mass is 9.99. The monoisotopic (exact) mass is 203 g/mol. The summed E-state index contributed by atoms with van der Waals surface area (Å²) in [6.45, 7) is 2.13. The van der Waals surface area contributed by atoms with E-state index in [-0.39, 0.29) is 0 Å². The summed E-state index contributed by atoms with van der Waals surface area (Å²) >= 11 is 0. The van der Waals surface area contributed by atoms with Gasteiger partial charge in [-0.3, -0.25) is 0 Å². The third-order valence-electron chi connectivity index (χ3n) is 2.86. The third kappa shape index (κ3) is 1.59. The van der Waals surface area contributed by atoms with Crippen LogP contribution in [0.25, 0.3) is 11.2 Å². The fourth-order valence-corrected chi connectivity index (χ4v) is 2.06. The summed E-state index contributed by atoms with van der Waals surface area (Å²) < 4.78 is 0. The molecule has 1 atom stereocenters. The smallest absolute Gasteiger partial charge is 0.180 e. The Balaban J connectivity index is 1.96. The first-order valence-electron chi connectivity index (χ1n) is 5.30. The number of hydrogen-bond acceptors (Lipinski definition) is 4. The normalized spacial score (nSPS) is 22.0. The number of hydrogen-bond donors (Lipinski definition) is 2. The molecule has 3 rings (SSSR count). The largest absolute Gasteiger partial charge is 0.339 e. The summed E-state index contributed by atoms with van der Waals surface area (Å²) in [6.07, 6.45) is 5.72. The number of nitrogens with zero attached hydrogens (tertiary/aromatic N) is 3. The van der Waals surface area contributed by atoms with Gasteiger partial charge in [-0.25, -0.2) is 15.0 Å². The first-order chi connectivity index (χ1) is 7.43. The minimum Gasteiger partial charge on any atom is -0.339 e. The van der Waals surface area contributed by atoms with E-state index < -0.39 is 0 Å². The second-order valence-corrected chi connectivity index (χ2v) is 3.93. The molecule has 0 unspecified atom stereocenters. The number of aromatic nitrogens is 4. The van der Waals surface area contributed by atoms with Crippen LogP contribution in [0.15, 0.2) is 12.5 Å². The van der Waals surface area contributed by atoms with Crippen molar-refractivity contribution in [2.24, 2.45) is 0 Å². The lowest BCUT2D eigenvalue weighted by Crippen LogP contribution is -2.28. The first kappa shape index (κ1) is 8.79. The minimum absolute atomic E-state index is 0.493. The van der Waals surface area contributed by atoms with Crippen molar-refractivity contribution in [1.29, 1.82) is 0 Å². The fraction of sp³-hybridized carbons (Fsp3) is 0.500. The summed E-state index contributed by atoms with van der Waals surface area (Å²) in [7, 11) is 0. The maximum absolute atomic E-state index is 4.49. The maximum Gasteiger partial charge on any atom is 0.180 e. The molecule has 0 radical (unpaired) electrons. The van der Waals surface area contributed by atoms with Crippen LogP contribution in [0.4, 0.5) is 0 Å². The molecule has 5 nitrogen and oxygen atoms in total. The summed E-state index contributed by atoms with van der Waals surface area (Å²) in [5.41, 5.74) is 1.70. The van der Waals surface area contributed by atoms with Gasteiger partial charge >= 0.3 is 0 Å². The molecular formula is C10H13N5. The molecule has 0 aromatic carbocycles. The van der Waals surface area contributed by atoms with Crippen molar-refractivity contribution in [3.63, 3.8) is 0 Å². The summed E-state index contributed by atoms with van der Waals surface area (Å²) in [5, 5.41) is 3.38. The van der Waals surface area contributed by atoms with Crippen molar-refractivity contribution in [3.8, 4) is 0 Å². The molecule has 0 aliphatic carbocycles. The Kier molecular flexibility index (Phi) is 2.10. The molecule has 3 heterocycles. The van der Waals surface area contributed by atoms with Crippen LogP contribution in [0, 0.1) is 0 Å². The predicted octanol–water partition coefficient (Wildman–Crippen LogP) is 0.820. The van der Waals surface area contributed by atoms with Gasteiger partial charge in [-0.15, -0.1) is 0 Å². The zero-order valence-electron chi connectivity index (χ0n) is 8.40. The predicted molar refractivity (Wildman–Crippen MR) is 56.5 cm³/mol. The summed E-state index contributed by atoms with van der Waals surface area (Å²) in [6, 6.07) is 0.